The summed E-state index contributed by atoms with van der Waals surface area (Å²) in [7, 11) is 0. The molecule has 0 radical (unpaired) electrons. The normalized spacial score (nSPS) is 10.8. The summed E-state index contributed by atoms with van der Waals surface area (Å²) in [6.45, 7) is 4.49. The highest BCUT2D eigenvalue weighted by molar-refractivity contribution is 7.13. The second-order valence-electron chi connectivity index (χ2n) is 4.78. The monoisotopic (exact) mass is 319 g/mol. The van der Waals surface area contributed by atoms with Crippen LogP contribution in [0.15, 0.2) is 34.2 Å². The van der Waals surface area contributed by atoms with Crippen molar-refractivity contribution < 1.29 is 4.52 Å². The van der Waals surface area contributed by atoms with Crippen molar-refractivity contribution in [1.29, 1.82) is 0 Å². The number of nitrogens with zero attached hydrogens (tertiary/aromatic N) is 2. The molecule has 3 rings (SSSR count). The maximum absolute atomic E-state index is 6.26. The van der Waals surface area contributed by atoms with Crippen LogP contribution in [0.1, 0.15) is 17.0 Å². The smallest absolute Gasteiger partial charge is 0.246 e. The van der Waals surface area contributed by atoms with Crippen molar-refractivity contribution in [3.63, 3.8) is 0 Å². The van der Waals surface area contributed by atoms with Gasteiger partial charge in [-0.15, -0.1) is 11.3 Å². The molecule has 0 aliphatic heterocycles. The second-order valence-corrected chi connectivity index (χ2v) is 6.14. The van der Waals surface area contributed by atoms with E-state index in [1.807, 2.05) is 37.4 Å². The van der Waals surface area contributed by atoms with Gasteiger partial charge in [-0.25, -0.2) is 0 Å². The zero-order chi connectivity index (χ0) is 14.8. The number of aromatic nitrogens is 2. The average Bonchev–Trinajstić information content (AvgIpc) is 3.08. The maximum Gasteiger partial charge on any atom is 0.246 e. The number of anilines is 1. The number of halogens is 1. The quantitative estimate of drug-likeness (QED) is 0.758. The Kier molecular flexibility index (Phi) is 3.94. The molecule has 2 aromatic heterocycles. The summed E-state index contributed by atoms with van der Waals surface area (Å²) in [6, 6.07) is 7.94. The molecule has 6 heteroatoms. The fourth-order valence-corrected chi connectivity index (χ4v) is 3.17. The van der Waals surface area contributed by atoms with E-state index in [-0.39, 0.29) is 0 Å². The van der Waals surface area contributed by atoms with Gasteiger partial charge in [-0.05, 0) is 42.5 Å². The van der Waals surface area contributed by atoms with Crippen LogP contribution in [-0.4, -0.2) is 10.1 Å². The van der Waals surface area contributed by atoms with Gasteiger partial charge in [-0.3, -0.25) is 0 Å². The number of thiophene rings is 1. The van der Waals surface area contributed by atoms with Crippen LogP contribution in [0.3, 0.4) is 0 Å². The Morgan fingerprint density at radius 3 is 2.90 bits per heavy atom. The Balaban J connectivity index is 1.74. The van der Waals surface area contributed by atoms with E-state index in [1.54, 1.807) is 11.3 Å². The summed E-state index contributed by atoms with van der Waals surface area (Å²) in [6.07, 6.45) is 0. The molecule has 2 heterocycles. The van der Waals surface area contributed by atoms with Crippen LogP contribution in [0.5, 0.6) is 0 Å². The Labute approximate surface area is 131 Å². The number of aryl methyl sites for hydroxylation is 2. The lowest BCUT2D eigenvalue weighted by Crippen LogP contribution is -2.02. The van der Waals surface area contributed by atoms with Gasteiger partial charge in [0.15, 0.2) is 0 Å². The van der Waals surface area contributed by atoms with Crippen molar-refractivity contribution in [3.8, 4) is 10.7 Å². The lowest BCUT2D eigenvalue weighted by Gasteiger charge is -2.10. The van der Waals surface area contributed by atoms with E-state index in [9.17, 15) is 0 Å². The third kappa shape index (κ3) is 3.09. The largest absolute Gasteiger partial charge is 0.375 e. The van der Waals surface area contributed by atoms with Crippen LogP contribution in [0.2, 0.25) is 5.02 Å². The van der Waals surface area contributed by atoms with Crippen LogP contribution < -0.4 is 5.32 Å². The first kappa shape index (κ1) is 14.1. The minimum absolute atomic E-state index is 0.446. The third-order valence-electron chi connectivity index (χ3n) is 3.06. The van der Waals surface area contributed by atoms with Gasteiger partial charge < -0.3 is 9.84 Å². The summed E-state index contributed by atoms with van der Waals surface area (Å²) in [5.74, 6) is 1.16. The van der Waals surface area contributed by atoms with Gasteiger partial charge in [0.05, 0.1) is 22.1 Å². The molecule has 1 aromatic carbocycles. The van der Waals surface area contributed by atoms with Gasteiger partial charge >= 0.3 is 0 Å². The van der Waals surface area contributed by atoms with Crippen molar-refractivity contribution in [2.24, 2.45) is 0 Å². The minimum atomic E-state index is 0.446. The van der Waals surface area contributed by atoms with E-state index in [0.29, 0.717) is 23.3 Å². The van der Waals surface area contributed by atoms with Gasteiger partial charge in [0.2, 0.25) is 11.7 Å². The topological polar surface area (TPSA) is 51.0 Å². The molecule has 21 heavy (non-hydrogen) atoms. The molecule has 0 atom stereocenters. The molecule has 0 spiro atoms. The van der Waals surface area contributed by atoms with Crippen molar-refractivity contribution >= 4 is 28.6 Å². The average molecular weight is 320 g/mol. The van der Waals surface area contributed by atoms with E-state index in [0.717, 1.165) is 21.7 Å². The minimum Gasteiger partial charge on any atom is -0.375 e. The molecule has 0 fully saturated rings. The first-order valence-corrected chi connectivity index (χ1v) is 7.76. The summed E-state index contributed by atoms with van der Waals surface area (Å²) >= 11 is 7.84. The molecule has 3 aromatic rings. The number of rotatable bonds is 4. The van der Waals surface area contributed by atoms with Crippen molar-refractivity contribution in [1.82, 2.24) is 10.1 Å². The first-order valence-electron chi connectivity index (χ1n) is 6.50. The molecule has 0 saturated carbocycles. The molecule has 108 valence electrons. The van der Waals surface area contributed by atoms with E-state index < -0.39 is 0 Å². The molecule has 0 aliphatic rings. The van der Waals surface area contributed by atoms with Gasteiger partial charge in [0, 0.05) is 0 Å². The predicted molar refractivity (Wildman–Crippen MR) is 85.9 cm³/mol. The zero-order valence-corrected chi connectivity index (χ0v) is 13.3. The fraction of sp³-hybridized carbons (Fsp3) is 0.200. The number of hydrogen-bond donors (Lipinski definition) is 1. The standard InChI is InChI=1S/C15H14ClN3OS/c1-9-6-10(2)14(11(16)7-9)17-8-13-18-15(19-20-13)12-4-3-5-21-12/h3-7,17H,8H2,1-2H3. The predicted octanol–water partition coefficient (Wildman–Crippen LogP) is 4.68. The van der Waals surface area contributed by atoms with Gasteiger partial charge in [-0.2, -0.15) is 4.98 Å². The molecule has 0 aliphatic carbocycles. The molecule has 0 saturated heterocycles. The molecular formula is C15H14ClN3OS. The molecule has 1 N–H and O–H groups in total. The Bertz CT molecular complexity index is 729. The molecule has 0 unspecified atom stereocenters. The first-order chi connectivity index (χ1) is 10.1. The van der Waals surface area contributed by atoms with Gasteiger partial charge in [0.25, 0.3) is 0 Å². The van der Waals surface area contributed by atoms with E-state index in [1.165, 1.54) is 0 Å². The van der Waals surface area contributed by atoms with E-state index >= 15 is 0 Å². The highest BCUT2D eigenvalue weighted by Gasteiger charge is 2.11. The Hall–Kier alpha value is -1.85. The van der Waals surface area contributed by atoms with Crippen molar-refractivity contribution in [2.45, 2.75) is 20.4 Å². The van der Waals surface area contributed by atoms with Crippen LogP contribution in [0, 0.1) is 13.8 Å². The van der Waals surface area contributed by atoms with E-state index in [4.69, 9.17) is 16.1 Å². The summed E-state index contributed by atoms with van der Waals surface area (Å²) in [5, 5.41) is 9.92. The number of hydrogen-bond acceptors (Lipinski definition) is 5. The highest BCUT2D eigenvalue weighted by Crippen LogP contribution is 2.28. The lowest BCUT2D eigenvalue weighted by molar-refractivity contribution is 0.384. The molecular weight excluding hydrogens is 306 g/mol. The fourth-order valence-electron chi connectivity index (χ4n) is 2.14. The summed E-state index contributed by atoms with van der Waals surface area (Å²) < 4.78 is 5.25. The second kappa shape index (κ2) is 5.87. The van der Waals surface area contributed by atoms with Crippen LogP contribution in [0.4, 0.5) is 5.69 Å². The van der Waals surface area contributed by atoms with Gasteiger partial charge in [-0.1, -0.05) is 28.9 Å². The summed E-state index contributed by atoms with van der Waals surface area (Å²) in [4.78, 5) is 5.37. The number of nitrogens with one attached hydrogen (secondary N) is 1. The van der Waals surface area contributed by atoms with Crippen molar-refractivity contribution in [2.75, 3.05) is 5.32 Å². The zero-order valence-electron chi connectivity index (χ0n) is 11.7. The maximum atomic E-state index is 6.26. The molecule has 0 bridgehead atoms. The summed E-state index contributed by atoms with van der Waals surface area (Å²) in [5.41, 5.74) is 3.14. The third-order valence-corrected chi connectivity index (χ3v) is 4.22. The van der Waals surface area contributed by atoms with Gasteiger partial charge in [0.1, 0.15) is 0 Å². The number of benzene rings is 1. The van der Waals surface area contributed by atoms with Crippen molar-refractivity contribution in [3.05, 3.63) is 51.7 Å². The highest BCUT2D eigenvalue weighted by atomic mass is 35.5. The van der Waals surface area contributed by atoms with E-state index in [2.05, 4.69) is 21.5 Å². The van der Waals surface area contributed by atoms with Crippen LogP contribution in [0.25, 0.3) is 10.7 Å². The Morgan fingerprint density at radius 2 is 2.19 bits per heavy atom. The lowest BCUT2D eigenvalue weighted by atomic mass is 10.1. The SMILES string of the molecule is Cc1cc(C)c(NCc2nc(-c3cccs3)no2)c(Cl)c1. The molecule has 0 amide bonds. The van der Waals surface area contributed by atoms with Crippen LogP contribution in [-0.2, 0) is 6.54 Å². The Morgan fingerprint density at radius 1 is 1.33 bits per heavy atom. The van der Waals surface area contributed by atoms with Crippen LogP contribution >= 0.6 is 22.9 Å². The molecule has 4 nitrogen and oxygen atoms in total.